The lowest BCUT2D eigenvalue weighted by atomic mass is 10.2. The molecule has 0 saturated heterocycles. The van der Waals surface area contributed by atoms with Crippen molar-refractivity contribution in [1.29, 1.82) is 0 Å². The molecule has 21 heavy (non-hydrogen) atoms. The Morgan fingerprint density at radius 3 is 2.62 bits per heavy atom. The molecule has 0 saturated carbocycles. The van der Waals surface area contributed by atoms with Gasteiger partial charge in [-0.3, -0.25) is 4.98 Å². The molecule has 0 aliphatic carbocycles. The first-order chi connectivity index (χ1) is 10.2. The zero-order chi connectivity index (χ0) is 15.2. The lowest BCUT2D eigenvalue weighted by molar-refractivity contribution is 0.348. The van der Waals surface area contributed by atoms with E-state index in [1.807, 2.05) is 0 Å². The summed E-state index contributed by atoms with van der Waals surface area (Å²) in [6, 6.07) is 5.05. The number of pyridine rings is 1. The molecule has 0 aliphatic rings. The van der Waals surface area contributed by atoms with Crippen molar-refractivity contribution in [3.63, 3.8) is 0 Å². The number of benzene rings is 1. The van der Waals surface area contributed by atoms with E-state index in [1.54, 1.807) is 12.3 Å². The molecule has 4 nitrogen and oxygen atoms in total. The van der Waals surface area contributed by atoms with Gasteiger partial charge < -0.3 is 14.8 Å². The maximum Gasteiger partial charge on any atom is 0.183 e. The van der Waals surface area contributed by atoms with Gasteiger partial charge in [-0.25, -0.2) is 8.78 Å². The second-order valence-corrected chi connectivity index (χ2v) is 4.33. The van der Waals surface area contributed by atoms with E-state index in [0.29, 0.717) is 23.7 Å². The minimum absolute atomic E-state index is 0.186. The Hall–Kier alpha value is -2.21. The van der Waals surface area contributed by atoms with Crippen LogP contribution in [-0.4, -0.2) is 19.2 Å². The van der Waals surface area contributed by atoms with Gasteiger partial charge in [0.1, 0.15) is 11.6 Å². The van der Waals surface area contributed by atoms with Crippen LogP contribution >= 0.6 is 0 Å². The molecule has 1 aromatic heterocycles. The third-order valence-corrected chi connectivity index (χ3v) is 2.98. The van der Waals surface area contributed by atoms with Crippen LogP contribution in [0.2, 0.25) is 0 Å². The first kappa shape index (κ1) is 15.2. The van der Waals surface area contributed by atoms with Crippen molar-refractivity contribution in [2.24, 2.45) is 0 Å². The SMILES string of the molecule is COc1ccnc(CNCc2cc(F)ccc2F)c1OC. The molecule has 112 valence electrons. The van der Waals surface area contributed by atoms with Crippen LogP contribution in [0.3, 0.4) is 0 Å². The first-order valence-corrected chi connectivity index (χ1v) is 6.36. The second-order valence-electron chi connectivity index (χ2n) is 4.33. The molecular formula is C15H16F2N2O2. The summed E-state index contributed by atoms with van der Waals surface area (Å²) in [5, 5.41) is 3.01. The van der Waals surface area contributed by atoms with Crippen LogP contribution in [0.5, 0.6) is 11.5 Å². The number of nitrogens with zero attached hydrogens (tertiary/aromatic N) is 1. The Morgan fingerprint density at radius 1 is 1.10 bits per heavy atom. The zero-order valence-electron chi connectivity index (χ0n) is 11.8. The molecule has 0 atom stereocenters. The van der Waals surface area contributed by atoms with Crippen LogP contribution in [0, 0.1) is 11.6 Å². The van der Waals surface area contributed by atoms with Crippen LogP contribution in [-0.2, 0) is 13.1 Å². The highest BCUT2D eigenvalue weighted by atomic mass is 19.1. The summed E-state index contributed by atoms with van der Waals surface area (Å²) in [5.41, 5.74) is 0.894. The monoisotopic (exact) mass is 294 g/mol. The van der Waals surface area contributed by atoms with Gasteiger partial charge in [0.05, 0.1) is 19.9 Å². The van der Waals surface area contributed by atoms with Gasteiger partial charge in [-0.15, -0.1) is 0 Å². The Labute approximate surface area is 121 Å². The van der Waals surface area contributed by atoms with Crippen LogP contribution in [0.1, 0.15) is 11.3 Å². The van der Waals surface area contributed by atoms with Gasteiger partial charge in [0.25, 0.3) is 0 Å². The van der Waals surface area contributed by atoms with Crippen molar-refractivity contribution in [2.45, 2.75) is 13.1 Å². The van der Waals surface area contributed by atoms with Crippen LogP contribution < -0.4 is 14.8 Å². The van der Waals surface area contributed by atoms with Crippen molar-refractivity contribution >= 4 is 0 Å². The Kier molecular flexibility index (Phi) is 5.05. The predicted octanol–water partition coefficient (Wildman–Crippen LogP) is 2.67. The van der Waals surface area contributed by atoms with Gasteiger partial charge in [0.2, 0.25) is 0 Å². The lowest BCUT2D eigenvalue weighted by Crippen LogP contribution is -2.15. The lowest BCUT2D eigenvalue weighted by Gasteiger charge is -2.12. The Morgan fingerprint density at radius 2 is 1.90 bits per heavy atom. The highest BCUT2D eigenvalue weighted by molar-refractivity contribution is 5.42. The summed E-state index contributed by atoms with van der Waals surface area (Å²) in [4.78, 5) is 4.19. The Bertz CT molecular complexity index is 621. The summed E-state index contributed by atoms with van der Waals surface area (Å²) in [5.74, 6) is 0.174. The smallest absolute Gasteiger partial charge is 0.183 e. The van der Waals surface area contributed by atoms with E-state index in [1.165, 1.54) is 20.3 Å². The molecule has 0 radical (unpaired) electrons. The van der Waals surface area contributed by atoms with E-state index >= 15 is 0 Å². The van der Waals surface area contributed by atoms with E-state index in [0.717, 1.165) is 12.1 Å². The number of methoxy groups -OCH3 is 2. The molecule has 6 heteroatoms. The molecule has 0 fully saturated rings. The maximum atomic E-state index is 13.5. The molecular weight excluding hydrogens is 278 g/mol. The number of aromatic nitrogens is 1. The molecule has 0 bridgehead atoms. The molecule has 0 spiro atoms. The molecule has 1 N–H and O–H groups in total. The molecule has 0 unspecified atom stereocenters. The maximum absolute atomic E-state index is 13.5. The van der Waals surface area contributed by atoms with Crippen molar-refractivity contribution in [1.82, 2.24) is 10.3 Å². The summed E-state index contributed by atoms with van der Waals surface area (Å²) in [6.07, 6.45) is 1.60. The zero-order valence-corrected chi connectivity index (χ0v) is 11.8. The average Bonchev–Trinajstić information content (AvgIpc) is 2.50. The molecule has 1 heterocycles. The quantitative estimate of drug-likeness (QED) is 0.889. The minimum Gasteiger partial charge on any atom is -0.493 e. The van der Waals surface area contributed by atoms with E-state index in [4.69, 9.17) is 9.47 Å². The van der Waals surface area contributed by atoms with Crippen molar-refractivity contribution in [3.8, 4) is 11.5 Å². The largest absolute Gasteiger partial charge is 0.493 e. The standard InChI is InChI=1S/C15H16F2N2O2/c1-20-14-5-6-19-13(15(14)21-2)9-18-8-10-7-11(16)3-4-12(10)17/h3-7,18H,8-9H2,1-2H3. The van der Waals surface area contributed by atoms with Gasteiger partial charge in [0, 0.05) is 30.9 Å². The van der Waals surface area contributed by atoms with Crippen LogP contribution in [0.4, 0.5) is 8.78 Å². The van der Waals surface area contributed by atoms with Gasteiger partial charge in [0.15, 0.2) is 11.5 Å². The molecule has 1 aromatic carbocycles. The van der Waals surface area contributed by atoms with E-state index in [2.05, 4.69) is 10.3 Å². The predicted molar refractivity (Wildman–Crippen MR) is 74.2 cm³/mol. The summed E-state index contributed by atoms with van der Waals surface area (Å²) >= 11 is 0. The summed E-state index contributed by atoms with van der Waals surface area (Å²) in [6.45, 7) is 0.530. The normalized spacial score (nSPS) is 10.5. The fraction of sp³-hybridized carbons (Fsp3) is 0.267. The van der Waals surface area contributed by atoms with Gasteiger partial charge in [-0.05, 0) is 18.2 Å². The minimum atomic E-state index is -0.467. The van der Waals surface area contributed by atoms with Crippen molar-refractivity contribution < 1.29 is 18.3 Å². The van der Waals surface area contributed by atoms with E-state index in [9.17, 15) is 8.78 Å². The van der Waals surface area contributed by atoms with E-state index in [-0.39, 0.29) is 12.1 Å². The number of hydrogen-bond donors (Lipinski definition) is 1. The second kappa shape index (κ2) is 6.99. The van der Waals surface area contributed by atoms with Crippen LogP contribution in [0.15, 0.2) is 30.5 Å². The van der Waals surface area contributed by atoms with E-state index < -0.39 is 11.6 Å². The fourth-order valence-corrected chi connectivity index (χ4v) is 1.97. The van der Waals surface area contributed by atoms with Gasteiger partial charge in [-0.2, -0.15) is 0 Å². The number of hydrogen-bond acceptors (Lipinski definition) is 4. The van der Waals surface area contributed by atoms with Crippen molar-refractivity contribution in [3.05, 3.63) is 53.4 Å². The van der Waals surface area contributed by atoms with Crippen molar-refractivity contribution in [2.75, 3.05) is 14.2 Å². The first-order valence-electron chi connectivity index (χ1n) is 6.36. The van der Waals surface area contributed by atoms with Crippen LogP contribution in [0.25, 0.3) is 0 Å². The summed E-state index contributed by atoms with van der Waals surface area (Å²) in [7, 11) is 3.06. The van der Waals surface area contributed by atoms with Gasteiger partial charge >= 0.3 is 0 Å². The summed E-state index contributed by atoms with van der Waals surface area (Å²) < 4.78 is 37.0. The highest BCUT2D eigenvalue weighted by Gasteiger charge is 2.11. The molecule has 2 rings (SSSR count). The molecule has 0 aliphatic heterocycles. The van der Waals surface area contributed by atoms with Gasteiger partial charge in [-0.1, -0.05) is 0 Å². The highest BCUT2D eigenvalue weighted by Crippen LogP contribution is 2.28. The Balaban J connectivity index is 2.05. The topological polar surface area (TPSA) is 43.4 Å². The third kappa shape index (κ3) is 3.66. The average molecular weight is 294 g/mol. The molecule has 2 aromatic rings. The number of nitrogens with one attached hydrogen (secondary N) is 1. The third-order valence-electron chi connectivity index (χ3n) is 2.98. The molecule has 0 amide bonds. The fourth-order valence-electron chi connectivity index (χ4n) is 1.97. The number of rotatable bonds is 6. The number of halogens is 2. The number of ether oxygens (including phenoxy) is 2.